The fourth-order valence-corrected chi connectivity index (χ4v) is 2.74. The van der Waals surface area contributed by atoms with E-state index >= 15 is 0 Å². The number of hydrogen-bond donors (Lipinski definition) is 2. The first-order valence-electron chi connectivity index (χ1n) is 7.53. The second-order valence-electron chi connectivity index (χ2n) is 5.14. The molecule has 0 radical (unpaired) electrons. The summed E-state index contributed by atoms with van der Waals surface area (Å²) in [4.78, 5) is 6.54. The van der Waals surface area contributed by atoms with E-state index in [1.807, 2.05) is 14.0 Å². The van der Waals surface area contributed by atoms with Crippen LogP contribution in [0, 0.1) is 5.92 Å². The van der Waals surface area contributed by atoms with Gasteiger partial charge < -0.3 is 15.0 Å². The predicted molar refractivity (Wildman–Crippen MR) is 85.0 cm³/mol. The molecule has 1 heterocycles. The van der Waals surface area contributed by atoms with Crippen LogP contribution in [0.4, 0.5) is 0 Å². The summed E-state index contributed by atoms with van der Waals surface area (Å²) < 4.78 is 30.6. The van der Waals surface area contributed by atoms with Crippen molar-refractivity contribution in [3.05, 3.63) is 0 Å². The summed E-state index contributed by atoms with van der Waals surface area (Å²) in [5.74, 6) is 1.44. The lowest BCUT2D eigenvalue weighted by Crippen LogP contribution is -2.42. The van der Waals surface area contributed by atoms with E-state index in [4.69, 9.17) is 4.74 Å². The summed E-state index contributed by atoms with van der Waals surface area (Å²) in [6.07, 6.45) is 1.08. The minimum atomic E-state index is -3.14. The standard InChI is InChI=1S/C13H28N4O3S/c1-4-14-13(15-7-8-16-21(18,19)5-2)17(3)10-12-6-9-20-11-12/h12,16H,4-11H2,1-3H3,(H,14,15). The van der Waals surface area contributed by atoms with Crippen molar-refractivity contribution in [2.45, 2.75) is 20.3 Å². The molecule has 0 aromatic rings. The maximum Gasteiger partial charge on any atom is 0.211 e. The van der Waals surface area contributed by atoms with Gasteiger partial charge in [-0.15, -0.1) is 0 Å². The molecule has 1 aliphatic heterocycles. The van der Waals surface area contributed by atoms with Crippen molar-refractivity contribution in [1.82, 2.24) is 14.9 Å². The molecule has 21 heavy (non-hydrogen) atoms. The van der Waals surface area contributed by atoms with Crippen molar-refractivity contribution in [3.63, 3.8) is 0 Å². The molecule has 1 aliphatic rings. The van der Waals surface area contributed by atoms with E-state index in [0.717, 1.165) is 38.7 Å². The van der Waals surface area contributed by atoms with Gasteiger partial charge in [0, 0.05) is 39.2 Å². The third-order valence-electron chi connectivity index (χ3n) is 3.33. The second-order valence-corrected chi connectivity index (χ2v) is 7.24. The number of ether oxygens (including phenoxy) is 1. The number of aliphatic imine (C=N–C) groups is 1. The van der Waals surface area contributed by atoms with Crippen LogP contribution in [-0.4, -0.2) is 71.5 Å². The first kappa shape index (κ1) is 18.2. The van der Waals surface area contributed by atoms with Crippen molar-refractivity contribution in [2.24, 2.45) is 10.9 Å². The molecule has 1 saturated heterocycles. The Kier molecular flexibility index (Phi) is 7.98. The lowest BCUT2D eigenvalue weighted by Gasteiger charge is -2.24. The Labute approximate surface area is 128 Å². The maximum absolute atomic E-state index is 11.3. The van der Waals surface area contributed by atoms with Crippen molar-refractivity contribution >= 4 is 16.0 Å². The molecule has 0 aliphatic carbocycles. The highest BCUT2D eigenvalue weighted by atomic mass is 32.2. The summed E-state index contributed by atoms with van der Waals surface area (Å²) in [7, 11) is -1.14. The van der Waals surface area contributed by atoms with Gasteiger partial charge in [0.25, 0.3) is 0 Å². The summed E-state index contributed by atoms with van der Waals surface area (Å²) in [6.45, 7) is 7.70. The van der Waals surface area contributed by atoms with Gasteiger partial charge in [0.1, 0.15) is 0 Å². The van der Waals surface area contributed by atoms with Gasteiger partial charge in [-0.2, -0.15) is 0 Å². The molecular formula is C13H28N4O3S. The zero-order chi connectivity index (χ0) is 15.7. The van der Waals surface area contributed by atoms with Crippen LogP contribution in [0.15, 0.2) is 4.99 Å². The first-order valence-corrected chi connectivity index (χ1v) is 9.18. The molecule has 1 rings (SSSR count). The zero-order valence-corrected chi connectivity index (χ0v) is 14.1. The van der Waals surface area contributed by atoms with Gasteiger partial charge >= 0.3 is 0 Å². The number of nitrogens with one attached hydrogen (secondary N) is 2. The Morgan fingerprint density at radius 1 is 1.43 bits per heavy atom. The van der Waals surface area contributed by atoms with Crippen LogP contribution >= 0.6 is 0 Å². The van der Waals surface area contributed by atoms with Gasteiger partial charge in [0.2, 0.25) is 10.0 Å². The fourth-order valence-electron chi connectivity index (χ4n) is 2.14. The van der Waals surface area contributed by atoms with Gasteiger partial charge in [-0.3, -0.25) is 4.99 Å². The molecule has 0 bridgehead atoms. The Hall–Kier alpha value is -0.860. The highest BCUT2D eigenvalue weighted by Crippen LogP contribution is 2.13. The van der Waals surface area contributed by atoms with E-state index < -0.39 is 10.0 Å². The van der Waals surface area contributed by atoms with Crippen molar-refractivity contribution < 1.29 is 13.2 Å². The number of guanidine groups is 1. The van der Waals surface area contributed by atoms with Crippen LogP contribution in [0.25, 0.3) is 0 Å². The molecule has 0 aromatic heterocycles. The molecule has 0 amide bonds. The van der Waals surface area contributed by atoms with Crippen LogP contribution < -0.4 is 10.0 Å². The lowest BCUT2D eigenvalue weighted by atomic mass is 10.1. The molecule has 0 saturated carbocycles. The number of sulfonamides is 1. The van der Waals surface area contributed by atoms with Gasteiger partial charge in [0.15, 0.2) is 5.96 Å². The average Bonchev–Trinajstić information content (AvgIpc) is 2.95. The number of hydrogen-bond acceptors (Lipinski definition) is 4. The Balaban J connectivity index is 2.44. The molecule has 0 aromatic carbocycles. The third-order valence-corrected chi connectivity index (χ3v) is 4.73. The maximum atomic E-state index is 11.3. The predicted octanol–water partition coefficient (Wildman–Crippen LogP) is -0.140. The molecule has 1 unspecified atom stereocenters. The van der Waals surface area contributed by atoms with Gasteiger partial charge in [-0.1, -0.05) is 0 Å². The average molecular weight is 320 g/mol. The molecule has 1 atom stereocenters. The van der Waals surface area contributed by atoms with E-state index in [1.54, 1.807) is 6.92 Å². The minimum Gasteiger partial charge on any atom is -0.381 e. The lowest BCUT2D eigenvalue weighted by molar-refractivity contribution is 0.181. The summed E-state index contributed by atoms with van der Waals surface area (Å²) in [5, 5.41) is 3.23. The SMILES string of the molecule is CCNC(=NCCNS(=O)(=O)CC)N(C)CC1CCOC1. The highest BCUT2D eigenvalue weighted by molar-refractivity contribution is 7.89. The Morgan fingerprint density at radius 2 is 2.19 bits per heavy atom. The molecule has 7 nitrogen and oxygen atoms in total. The second kappa shape index (κ2) is 9.22. The Bertz CT molecular complexity index is 419. The van der Waals surface area contributed by atoms with Gasteiger partial charge in [-0.25, -0.2) is 13.1 Å². The van der Waals surface area contributed by atoms with E-state index in [-0.39, 0.29) is 5.75 Å². The molecule has 2 N–H and O–H groups in total. The molecule has 124 valence electrons. The molecule has 1 fully saturated rings. The largest absolute Gasteiger partial charge is 0.381 e. The molecule has 0 spiro atoms. The smallest absolute Gasteiger partial charge is 0.211 e. The van der Waals surface area contributed by atoms with Gasteiger partial charge in [-0.05, 0) is 20.3 Å². The van der Waals surface area contributed by atoms with E-state index in [0.29, 0.717) is 19.0 Å². The van der Waals surface area contributed by atoms with E-state index in [1.165, 1.54) is 0 Å². The van der Waals surface area contributed by atoms with E-state index in [2.05, 4.69) is 19.9 Å². The van der Waals surface area contributed by atoms with Crippen LogP contribution in [0.2, 0.25) is 0 Å². The number of rotatable bonds is 8. The van der Waals surface area contributed by atoms with Crippen molar-refractivity contribution in [3.8, 4) is 0 Å². The minimum absolute atomic E-state index is 0.0956. The molecule has 8 heteroatoms. The van der Waals surface area contributed by atoms with E-state index in [9.17, 15) is 8.42 Å². The van der Waals surface area contributed by atoms with Crippen LogP contribution in [0.3, 0.4) is 0 Å². The first-order chi connectivity index (χ1) is 9.98. The van der Waals surface area contributed by atoms with Crippen molar-refractivity contribution in [1.29, 1.82) is 0 Å². The Morgan fingerprint density at radius 3 is 2.76 bits per heavy atom. The quantitative estimate of drug-likeness (QED) is 0.369. The summed E-state index contributed by atoms with van der Waals surface area (Å²) >= 11 is 0. The fraction of sp³-hybridized carbons (Fsp3) is 0.923. The number of nitrogens with zero attached hydrogens (tertiary/aromatic N) is 2. The normalized spacial score (nSPS) is 19.8. The van der Waals surface area contributed by atoms with Crippen molar-refractivity contribution in [2.75, 3.05) is 52.2 Å². The highest BCUT2D eigenvalue weighted by Gasteiger charge is 2.18. The third kappa shape index (κ3) is 7.10. The summed E-state index contributed by atoms with van der Waals surface area (Å²) in [6, 6.07) is 0. The van der Waals surface area contributed by atoms with Gasteiger partial charge in [0.05, 0.1) is 18.9 Å². The van der Waals surface area contributed by atoms with Crippen LogP contribution in [-0.2, 0) is 14.8 Å². The van der Waals surface area contributed by atoms with Crippen LogP contribution in [0.1, 0.15) is 20.3 Å². The van der Waals surface area contributed by atoms with Crippen LogP contribution in [0.5, 0.6) is 0 Å². The summed E-state index contributed by atoms with van der Waals surface area (Å²) in [5.41, 5.74) is 0. The topological polar surface area (TPSA) is 83.0 Å². The molecular weight excluding hydrogens is 292 g/mol. The zero-order valence-electron chi connectivity index (χ0n) is 13.3. The monoisotopic (exact) mass is 320 g/mol.